The molecule has 10 nitrogen and oxygen atoms in total. The van der Waals surface area contributed by atoms with E-state index in [0.717, 1.165) is 50.4 Å². The van der Waals surface area contributed by atoms with Crippen LogP contribution in [0.25, 0.3) is 0 Å². The molecule has 1 amide bonds. The van der Waals surface area contributed by atoms with Gasteiger partial charge in [-0.1, -0.05) is 174 Å². The lowest BCUT2D eigenvalue weighted by atomic mass is 9.98. The Bertz CT molecular complexity index is 967. The Morgan fingerprint density at radius 3 is 1.73 bits per heavy atom. The number of unbranched alkanes of at least 4 members (excludes halogenated alkanes) is 20. The third-order valence-corrected chi connectivity index (χ3v) is 12.2. The lowest BCUT2D eigenvalue weighted by molar-refractivity contribution is -0.303. The SMILES string of the molecule is CCCCCCCCCCCCCC[C@H](O)[C@@H](O)[C@H](CO[C@H]1O[C@H](CO)[C@H](O)[C@H](O)[C@H]1O)NC(=O)CC/C=C\CCCC[C@@H]1C[C@H]1CCCCCCCCCC. The van der Waals surface area contributed by atoms with E-state index in [1.807, 2.05) is 6.08 Å². The number of aliphatic hydroxyl groups is 6. The van der Waals surface area contributed by atoms with Gasteiger partial charge in [0.1, 0.15) is 30.5 Å². The Hall–Kier alpha value is -1.11. The van der Waals surface area contributed by atoms with Crippen molar-refractivity contribution in [3.63, 3.8) is 0 Å². The highest BCUT2D eigenvalue weighted by Gasteiger charge is 2.44. The Morgan fingerprint density at radius 2 is 1.18 bits per heavy atom. The average molecular weight is 798 g/mol. The number of carbonyl (C=O) groups is 1. The summed E-state index contributed by atoms with van der Waals surface area (Å²) in [6, 6.07) is -1.01. The highest BCUT2D eigenvalue weighted by Crippen LogP contribution is 2.45. The minimum atomic E-state index is -1.61. The lowest BCUT2D eigenvalue weighted by Crippen LogP contribution is -2.60. The zero-order valence-electron chi connectivity index (χ0n) is 35.8. The summed E-state index contributed by atoms with van der Waals surface area (Å²) in [5.41, 5.74) is 0. The quantitative estimate of drug-likeness (QED) is 0.0242. The Kier molecular flexibility index (Phi) is 29.8. The van der Waals surface area contributed by atoms with Crippen molar-refractivity contribution in [3.8, 4) is 0 Å². The van der Waals surface area contributed by atoms with Crippen LogP contribution in [0.3, 0.4) is 0 Å². The first kappa shape index (κ1) is 51.0. The van der Waals surface area contributed by atoms with Gasteiger partial charge in [-0.25, -0.2) is 0 Å². The van der Waals surface area contributed by atoms with Gasteiger partial charge in [-0.05, 0) is 43.9 Å². The van der Waals surface area contributed by atoms with Crippen LogP contribution < -0.4 is 5.32 Å². The molecule has 7 N–H and O–H groups in total. The van der Waals surface area contributed by atoms with E-state index in [-0.39, 0.29) is 18.9 Å². The van der Waals surface area contributed by atoms with Crippen molar-refractivity contribution in [2.45, 2.75) is 249 Å². The van der Waals surface area contributed by atoms with Crippen molar-refractivity contribution < 1.29 is 44.9 Å². The predicted octanol–water partition coefficient (Wildman–Crippen LogP) is 8.16. The van der Waals surface area contributed by atoms with E-state index >= 15 is 0 Å². The van der Waals surface area contributed by atoms with Gasteiger partial charge in [0.25, 0.3) is 0 Å². The van der Waals surface area contributed by atoms with Crippen LogP contribution in [-0.2, 0) is 14.3 Å². The Labute approximate surface area is 341 Å². The van der Waals surface area contributed by atoms with Gasteiger partial charge >= 0.3 is 0 Å². The number of carbonyl (C=O) groups excluding carboxylic acids is 1. The van der Waals surface area contributed by atoms with Crippen LogP contribution in [-0.4, -0.2) is 98.7 Å². The van der Waals surface area contributed by atoms with Gasteiger partial charge in [0.05, 0.1) is 25.4 Å². The van der Waals surface area contributed by atoms with Crippen LogP contribution in [0.15, 0.2) is 12.2 Å². The molecule has 1 saturated heterocycles. The molecule has 0 aromatic carbocycles. The second-order valence-corrected chi connectivity index (χ2v) is 17.3. The third-order valence-electron chi connectivity index (χ3n) is 12.2. The zero-order chi connectivity index (χ0) is 40.8. The largest absolute Gasteiger partial charge is 0.394 e. The van der Waals surface area contributed by atoms with Crippen molar-refractivity contribution in [2.75, 3.05) is 13.2 Å². The van der Waals surface area contributed by atoms with Gasteiger partial charge in [0.15, 0.2) is 6.29 Å². The first-order valence-corrected chi connectivity index (χ1v) is 23.5. The minimum absolute atomic E-state index is 0.205. The summed E-state index contributed by atoms with van der Waals surface area (Å²) in [5.74, 6) is 1.60. The van der Waals surface area contributed by atoms with Gasteiger partial charge in [-0.15, -0.1) is 0 Å². The molecule has 0 spiro atoms. The first-order valence-electron chi connectivity index (χ1n) is 23.5. The first-order chi connectivity index (χ1) is 27.2. The molecule has 2 fully saturated rings. The Morgan fingerprint density at radius 1 is 0.679 bits per heavy atom. The van der Waals surface area contributed by atoms with E-state index < -0.39 is 55.6 Å². The van der Waals surface area contributed by atoms with Crippen LogP contribution in [0.5, 0.6) is 0 Å². The van der Waals surface area contributed by atoms with Crippen LogP contribution in [0.4, 0.5) is 0 Å². The second kappa shape index (κ2) is 32.7. The molecule has 1 aliphatic carbocycles. The lowest BCUT2D eigenvalue weighted by Gasteiger charge is -2.40. The summed E-state index contributed by atoms with van der Waals surface area (Å²) >= 11 is 0. The highest BCUT2D eigenvalue weighted by atomic mass is 16.7. The molecule has 0 bridgehead atoms. The molecule has 1 aliphatic heterocycles. The number of rotatable bonds is 37. The maximum atomic E-state index is 13.0. The molecule has 1 heterocycles. The summed E-state index contributed by atoms with van der Waals surface area (Å²) in [5, 5.41) is 65.1. The fourth-order valence-electron chi connectivity index (χ4n) is 8.22. The highest BCUT2D eigenvalue weighted by molar-refractivity contribution is 5.76. The van der Waals surface area contributed by atoms with Crippen LogP contribution in [0, 0.1) is 11.8 Å². The minimum Gasteiger partial charge on any atom is -0.394 e. The van der Waals surface area contributed by atoms with Crippen molar-refractivity contribution in [1.82, 2.24) is 5.32 Å². The number of ether oxygens (including phenoxy) is 2. The molecule has 56 heavy (non-hydrogen) atoms. The van der Waals surface area contributed by atoms with E-state index in [4.69, 9.17) is 9.47 Å². The van der Waals surface area contributed by atoms with E-state index in [1.54, 1.807) is 0 Å². The molecule has 0 aromatic heterocycles. The van der Waals surface area contributed by atoms with E-state index in [1.165, 1.54) is 128 Å². The molecule has 0 radical (unpaired) electrons. The predicted molar refractivity (Wildman–Crippen MR) is 225 cm³/mol. The summed E-state index contributed by atoms with van der Waals surface area (Å²) in [4.78, 5) is 13.0. The number of hydrogen-bond donors (Lipinski definition) is 7. The van der Waals surface area contributed by atoms with Gasteiger partial charge in [-0.3, -0.25) is 4.79 Å². The van der Waals surface area contributed by atoms with Crippen molar-refractivity contribution in [2.24, 2.45) is 11.8 Å². The van der Waals surface area contributed by atoms with Gasteiger partial charge in [0.2, 0.25) is 5.91 Å². The number of aliphatic hydroxyl groups excluding tert-OH is 6. The van der Waals surface area contributed by atoms with E-state index in [9.17, 15) is 35.4 Å². The molecule has 0 aromatic rings. The van der Waals surface area contributed by atoms with Gasteiger partial charge in [-0.2, -0.15) is 0 Å². The van der Waals surface area contributed by atoms with Crippen LogP contribution in [0.1, 0.15) is 200 Å². The van der Waals surface area contributed by atoms with E-state index in [2.05, 4.69) is 25.2 Å². The summed E-state index contributed by atoms with van der Waals surface area (Å²) in [6.07, 6.45) is 28.5. The topological polar surface area (TPSA) is 169 Å². The van der Waals surface area contributed by atoms with Crippen molar-refractivity contribution in [1.29, 1.82) is 0 Å². The fraction of sp³-hybridized carbons (Fsp3) is 0.935. The smallest absolute Gasteiger partial charge is 0.220 e. The molecule has 1 saturated carbocycles. The molecular formula is C46H87NO9. The number of nitrogens with one attached hydrogen (secondary N) is 1. The van der Waals surface area contributed by atoms with Gasteiger partial charge in [0, 0.05) is 6.42 Å². The standard InChI is InChI=1S/C46H87NO9/c1-3-5-7-9-11-13-14-15-16-18-23-27-31-39(49)42(51)38(35-55-46-45(54)44(53)43(52)40(34-48)56-46)47-41(50)32-28-24-20-19-22-26-30-37-33-36(37)29-25-21-17-12-10-8-6-4-2/h20,24,36-40,42-46,48-49,51-54H,3-19,21-23,25-35H2,1-2H3,(H,47,50)/b24-20-/t36-,37-,38+,39+,40-,42+,43+,44+,45-,46+/m1/s1. The normalized spacial score (nSPS) is 25.4. The number of amides is 1. The van der Waals surface area contributed by atoms with Crippen LogP contribution in [0.2, 0.25) is 0 Å². The number of hydrogen-bond acceptors (Lipinski definition) is 9. The molecule has 10 atom stereocenters. The van der Waals surface area contributed by atoms with E-state index in [0.29, 0.717) is 12.8 Å². The molecule has 0 unspecified atom stereocenters. The molecule has 330 valence electrons. The maximum Gasteiger partial charge on any atom is 0.220 e. The monoisotopic (exact) mass is 798 g/mol. The Balaban J connectivity index is 1.68. The summed E-state index contributed by atoms with van der Waals surface area (Å²) in [7, 11) is 0. The second-order valence-electron chi connectivity index (χ2n) is 17.3. The summed E-state index contributed by atoms with van der Waals surface area (Å²) < 4.78 is 11.1. The summed E-state index contributed by atoms with van der Waals surface area (Å²) in [6.45, 7) is 3.59. The fourth-order valence-corrected chi connectivity index (χ4v) is 8.22. The molecule has 2 aliphatic rings. The third kappa shape index (κ3) is 22.9. The molecular weight excluding hydrogens is 711 g/mol. The average Bonchev–Trinajstić information content (AvgIpc) is 3.95. The van der Waals surface area contributed by atoms with Crippen LogP contribution >= 0.6 is 0 Å². The molecule has 2 rings (SSSR count). The molecule has 10 heteroatoms. The van der Waals surface area contributed by atoms with Crippen molar-refractivity contribution in [3.05, 3.63) is 12.2 Å². The maximum absolute atomic E-state index is 13.0. The van der Waals surface area contributed by atoms with Gasteiger partial charge < -0.3 is 45.4 Å². The van der Waals surface area contributed by atoms with Crippen molar-refractivity contribution >= 4 is 5.91 Å². The number of allylic oxidation sites excluding steroid dienone is 2. The zero-order valence-corrected chi connectivity index (χ0v) is 35.8.